The first-order valence-electron chi connectivity index (χ1n) is 6.46. The van der Waals surface area contributed by atoms with Gasteiger partial charge >= 0.3 is 0 Å². The van der Waals surface area contributed by atoms with Crippen molar-refractivity contribution in [1.82, 2.24) is 0 Å². The van der Waals surface area contributed by atoms with Crippen LogP contribution in [0.15, 0.2) is 59.8 Å². The SMILES string of the molecule is CON=C(C(N)=O)c1ccccc1/C=C/c1ccccc1. The van der Waals surface area contributed by atoms with Gasteiger partial charge in [-0.05, 0) is 11.1 Å². The van der Waals surface area contributed by atoms with Crippen molar-refractivity contribution in [3.05, 3.63) is 71.3 Å². The van der Waals surface area contributed by atoms with Gasteiger partial charge in [0, 0.05) is 5.56 Å². The molecule has 2 rings (SSSR count). The van der Waals surface area contributed by atoms with Gasteiger partial charge < -0.3 is 10.6 Å². The molecule has 1 amide bonds. The summed E-state index contributed by atoms with van der Waals surface area (Å²) >= 11 is 0. The number of carbonyl (C=O) groups is 1. The number of nitrogens with zero attached hydrogens (tertiary/aromatic N) is 1. The quantitative estimate of drug-likeness (QED) is 0.520. The number of amides is 1. The van der Waals surface area contributed by atoms with E-state index >= 15 is 0 Å². The van der Waals surface area contributed by atoms with E-state index in [1.54, 1.807) is 6.07 Å². The zero-order valence-electron chi connectivity index (χ0n) is 11.7. The summed E-state index contributed by atoms with van der Waals surface area (Å²) in [6.45, 7) is 0. The summed E-state index contributed by atoms with van der Waals surface area (Å²) in [7, 11) is 1.38. The Labute approximate surface area is 123 Å². The zero-order chi connectivity index (χ0) is 15.1. The standard InChI is InChI=1S/C17H16N2O2/c1-21-19-16(17(18)20)15-10-6-5-9-14(15)12-11-13-7-3-2-4-8-13/h2-12H,1H3,(H2,18,20)/b12-11+,19-16?. The van der Waals surface area contributed by atoms with Gasteiger partial charge in [0.05, 0.1) is 0 Å². The van der Waals surface area contributed by atoms with Gasteiger partial charge in [0.15, 0.2) is 5.71 Å². The van der Waals surface area contributed by atoms with Crippen LogP contribution >= 0.6 is 0 Å². The smallest absolute Gasteiger partial charge is 0.271 e. The van der Waals surface area contributed by atoms with Gasteiger partial charge in [-0.25, -0.2) is 0 Å². The molecule has 0 fully saturated rings. The molecule has 2 aromatic rings. The lowest BCUT2D eigenvalue weighted by Gasteiger charge is -2.06. The normalized spacial score (nSPS) is 11.6. The highest BCUT2D eigenvalue weighted by molar-refractivity contribution is 6.45. The van der Waals surface area contributed by atoms with E-state index in [1.165, 1.54) is 7.11 Å². The zero-order valence-corrected chi connectivity index (χ0v) is 11.7. The molecule has 0 heterocycles. The number of benzene rings is 2. The Bertz CT molecular complexity index is 676. The maximum absolute atomic E-state index is 11.5. The topological polar surface area (TPSA) is 64.7 Å². The molecule has 106 valence electrons. The van der Waals surface area contributed by atoms with Crippen molar-refractivity contribution in [2.24, 2.45) is 10.9 Å². The van der Waals surface area contributed by atoms with E-state index in [0.717, 1.165) is 11.1 Å². The number of carbonyl (C=O) groups excluding carboxylic acids is 1. The van der Waals surface area contributed by atoms with Crippen molar-refractivity contribution in [2.45, 2.75) is 0 Å². The van der Waals surface area contributed by atoms with Gasteiger partial charge in [-0.2, -0.15) is 0 Å². The number of oxime groups is 1. The molecule has 0 aliphatic heterocycles. The summed E-state index contributed by atoms with van der Waals surface area (Å²) in [6.07, 6.45) is 3.88. The van der Waals surface area contributed by atoms with Crippen LogP contribution in [0.4, 0.5) is 0 Å². The molecule has 2 N–H and O–H groups in total. The Hall–Kier alpha value is -2.88. The summed E-state index contributed by atoms with van der Waals surface area (Å²) in [5, 5.41) is 3.72. The lowest BCUT2D eigenvalue weighted by molar-refractivity contribution is -0.112. The van der Waals surface area contributed by atoms with Gasteiger partial charge in [0.1, 0.15) is 7.11 Å². The van der Waals surface area contributed by atoms with Gasteiger partial charge in [0.2, 0.25) is 0 Å². The number of rotatable bonds is 5. The lowest BCUT2D eigenvalue weighted by Crippen LogP contribution is -2.25. The Balaban J connectivity index is 2.39. The third-order valence-electron chi connectivity index (χ3n) is 2.89. The molecular weight excluding hydrogens is 264 g/mol. The van der Waals surface area contributed by atoms with Crippen LogP contribution in [-0.4, -0.2) is 18.7 Å². The Morgan fingerprint density at radius 3 is 2.38 bits per heavy atom. The molecule has 0 atom stereocenters. The average molecular weight is 280 g/mol. The number of hydrogen-bond donors (Lipinski definition) is 1. The molecule has 0 aliphatic carbocycles. The fourth-order valence-corrected chi connectivity index (χ4v) is 1.93. The molecule has 0 saturated carbocycles. The third kappa shape index (κ3) is 3.79. The molecular formula is C17H16N2O2. The van der Waals surface area contributed by atoms with Crippen LogP contribution in [0.5, 0.6) is 0 Å². The minimum Gasteiger partial charge on any atom is -0.398 e. The van der Waals surface area contributed by atoms with Crippen LogP contribution in [0.3, 0.4) is 0 Å². The molecule has 2 aromatic carbocycles. The Morgan fingerprint density at radius 2 is 1.71 bits per heavy atom. The van der Waals surface area contributed by atoms with Crippen molar-refractivity contribution in [3.63, 3.8) is 0 Å². The molecule has 0 aliphatic rings. The molecule has 0 aromatic heterocycles. The summed E-state index contributed by atoms with van der Waals surface area (Å²) in [4.78, 5) is 16.2. The first-order valence-corrected chi connectivity index (χ1v) is 6.46. The van der Waals surface area contributed by atoms with Crippen molar-refractivity contribution in [1.29, 1.82) is 0 Å². The van der Waals surface area contributed by atoms with Crippen molar-refractivity contribution >= 4 is 23.8 Å². The first kappa shape index (κ1) is 14.5. The predicted octanol–water partition coefficient (Wildman–Crippen LogP) is 2.69. The molecule has 21 heavy (non-hydrogen) atoms. The predicted molar refractivity (Wildman–Crippen MR) is 84.6 cm³/mol. The minimum atomic E-state index is -0.627. The van der Waals surface area contributed by atoms with E-state index < -0.39 is 5.91 Å². The van der Waals surface area contributed by atoms with Crippen LogP contribution in [0.1, 0.15) is 16.7 Å². The summed E-state index contributed by atoms with van der Waals surface area (Å²) in [5.74, 6) is -0.627. The van der Waals surface area contributed by atoms with E-state index in [0.29, 0.717) is 5.56 Å². The average Bonchev–Trinajstić information content (AvgIpc) is 2.52. The van der Waals surface area contributed by atoms with E-state index in [2.05, 4.69) is 5.16 Å². The third-order valence-corrected chi connectivity index (χ3v) is 2.89. The lowest BCUT2D eigenvalue weighted by atomic mass is 10.0. The fraction of sp³-hybridized carbons (Fsp3) is 0.0588. The monoisotopic (exact) mass is 280 g/mol. The van der Waals surface area contributed by atoms with Gasteiger partial charge in [-0.15, -0.1) is 0 Å². The van der Waals surface area contributed by atoms with Crippen LogP contribution < -0.4 is 5.73 Å². The molecule has 0 spiro atoms. The van der Waals surface area contributed by atoms with Gasteiger partial charge in [0.25, 0.3) is 5.91 Å². The van der Waals surface area contributed by atoms with E-state index in [1.807, 2.05) is 60.7 Å². The highest BCUT2D eigenvalue weighted by Gasteiger charge is 2.13. The van der Waals surface area contributed by atoms with E-state index in [-0.39, 0.29) is 5.71 Å². The Kier molecular flexibility index (Phi) is 4.88. The highest BCUT2D eigenvalue weighted by atomic mass is 16.6. The van der Waals surface area contributed by atoms with Crippen molar-refractivity contribution in [2.75, 3.05) is 7.11 Å². The van der Waals surface area contributed by atoms with E-state index in [9.17, 15) is 4.79 Å². The largest absolute Gasteiger partial charge is 0.398 e. The number of primary amides is 1. The highest BCUT2D eigenvalue weighted by Crippen LogP contribution is 2.14. The summed E-state index contributed by atoms with van der Waals surface area (Å²) in [6, 6.07) is 17.3. The fourth-order valence-electron chi connectivity index (χ4n) is 1.93. The maximum Gasteiger partial charge on any atom is 0.271 e. The van der Waals surface area contributed by atoms with Gasteiger partial charge in [-0.3, -0.25) is 4.79 Å². The molecule has 4 nitrogen and oxygen atoms in total. The second-order valence-corrected chi connectivity index (χ2v) is 4.32. The summed E-state index contributed by atoms with van der Waals surface area (Å²) in [5.41, 5.74) is 8.01. The molecule has 0 saturated heterocycles. The number of nitrogens with two attached hydrogens (primary N) is 1. The van der Waals surface area contributed by atoms with Crippen LogP contribution in [-0.2, 0) is 9.63 Å². The van der Waals surface area contributed by atoms with Gasteiger partial charge in [-0.1, -0.05) is 71.9 Å². The molecule has 4 heteroatoms. The summed E-state index contributed by atoms with van der Waals surface area (Å²) < 4.78 is 0. The second-order valence-electron chi connectivity index (χ2n) is 4.32. The molecule has 0 radical (unpaired) electrons. The van der Waals surface area contributed by atoms with Crippen LogP contribution in [0.25, 0.3) is 12.2 Å². The minimum absolute atomic E-state index is 0.103. The first-order chi connectivity index (χ1) is 10.2. The van der Waals surface area contributed by atoms with Crippen LogP contribution in [0.2, 0.25) is 0 Å². The Morgan fingerprint density at radius 1 is 1.05 bits per heavy atom. The maximum atomic E-state index is 11.5. The molecule has 0 bridgehead atoms. The second kappa shape index (κ2) is 7.05. The number of hydrogen-bond acceptors (Lipinski definition) is 3. The van der Waals surface area contributed by atoms with Crippen molar-refractivity contribution < 1.29 is 9.63 Å². The molecule has 0 unspecified atom stereocenters. The van der Waals surface area contributed by atoms with Crippen LogP contribution in [0, 0.1) is 0 Å². The van der Waals surface area contributed by atoms with Crippen molar-refractivity contribution in [3.8, 4) is 0 Å². The van der Waals surface area contributed by atoms with E-state index in [4.69, 9.17) is 10.6 Å².